The van der Waals surface area contributed by atoms with Gasteiger partial charge in [-0.05, 0) is 44.4 Å². The summed E-state index contributed by atoms with van der Waals surface area (Å²) in [5, 5.41) is 0. The van der Waals surface area contributed by atoms with E-state index in [1.54, 1.807) is 0 Å². The molecule has 2 aromatic rings. The summed E-state index contributed by atoms with van der Waals surface area (Å²) in [6, 6.07) is 14.9. The van der Waals surface area contributed by atoms with Gasteiger partial charge >= 0.3 is 0 Å². The third-order valence-electron chi connectivity index (χ3n) is 3.59. The zero-order valence-electron chi connectivity index (χ0n) is 11.6. The van der Waals surface area contributed by atoms with Crippen LogP contribution in [0.4, 0.5) is 0 Å². The number of rotatable bonds is 2. The van der Waals surface area contributed by atoms with Gasteiger partial charge in [-0.25, -0.2) is 0 Å². The number of aryl methyl sites for hydroxylation is 3. The molecule has 94 valence electrons. The minimum absolute atomic E-state index is 0.439. The number of hydrogen-bond donors (Lipinski definition) is 1. The van der Waals surface area contributed by atoms with Crippen LogP contribution in [0.15, 0.2) is 42.5 Å². The van der Waals surface area contributed by atoms with E-state index in [2.05, 4.69) is 70.2 Å². The number of hydrogen-bond acceptors (Lipinski definition) is 1. The number of benzene rings is 2. The van der Waals surface area contributed by atoms with Crippen molar-refractivity contribution in [2.24, 2.45) is 5.73 Å². The summed E-state index contributed by atoms with van der Waals surface area (Å²) >= 11 is 0. The molecule has 1 heteroatoms. The quantitative estimate of drug-likeness (QED) is 0.846. The summed E-state index contributed by atoms with van der Waals surface area (Å²) in [6.07, 6.45) is 0. The first-order valence-corrected chi connectivity index (χ1v) is 6.35. The Kier molecular flexibility index (Phi) is 3.27. The molecule has 0 bridgehead atoms. The molecule has 0 radical (unpaired) electrons. The van der Waals surface area contributed by atoms with E-state index in [4.69, 9.17) is 5.73 Å². The average Bonchev–Trinajstić information content (AvgIpc) is 2.29. The standard InChI is InChI=1S/C17H21N/c1-12-5-8-15(9-6-12)17(4,18)16-10-7-13(2)11-14(16)3/h5-11H,18H2,1-4H3. The van der Waals surface area contributed by atoms with Gasteiger partial charge in [0, 0.05) is 0 Å². The molecule has 0 amide bonds. The normalized spacial score (nSPS) is 14.3. The molecule has 0 aliphatic rings. The largest absolute Gasteiger partial charge is 0.318 e. The van der Waals surface area contributed by atoms with E-state index in [0.29, 0.717) is 0 Å². The lowest BCUT2D eigenvalue weighted by Crippen LogP contribution is -2.35. The molecule has 0 heterocycles. The highest BCUT2D eigenvalue weighted by Gasteiger charge is 2.25. The van der Waals surface area contributed by atoms with Crippen LogP contribution in [0.3, 0.4) is 0 Å². The molecule has 1 unspecified atom stereocenters. The predicted octanol–water partition coefficient (Wildman–Crippen LogP) is 3.83. The van der Waals surface area contributed by atoms with E-state index in [0.717, 1.165) is 5.56 Å². The van der Waals surface area contributed by atoms with Crippen LogP contribution < -0.4 is 5.73 Å². The maximum atomic E-state index is 6.56. The second kappa shape index (κ2) is 4.58. The Bertz CT molecular complexity index is 550. The predicted molar refractivity (Wildman–Crippen MR) is 77.7 cm³/mol. The van der Waals surface area contributed by atoms with Gasteiger partial charge in [0.15, 0.2) is 0 Å². The van der Waals surface area contributed by atoms with Crippen molar-refractivity contribution < 1.29 is 0 Å². The Morgan fingerprint density at radius 3 is 1.94 bits per heavy atom. The number of nitrogens with two attached hydrogens (primary N) is 1. The zero-order chi connectivity index (χ0) is 13.3. The lowest BCUT2D eigenvalue weighted by atomic mass is 9.82. The summed E-state index contributed by atoms with van der Waals surface area (Å²) in [6.45, 7) is 8.41. The second-order valence-electron chi connectivity index (χ2n) is 5.39. The Morgan fingerprint density at radius 2 is 1.39 bits per heavy atom. The summed E-state index contributed by atoms with van der Waals surface area (Å²) in [7, 11) is 0. The van der Waals surface area contributed by atoms with Gasteiger partial charge in [0.05, 0.1) is 5.54 Å². The molecule has 18 heavy (non-hydrogen) atoms. The van der Waals surface area contributed by atoms with Crippen LogP contribution in [-0.2, 0) is 5.54 Å². The van der Waals surface area contributed by atoms with Crippen LogP contribution in [0.1, 0.15) is 34.7 Å². The van der Waals surface area contributed by atoms with E-state index in [9.17, 15) is 0 Å². The Balaban J connectivity index is 2.50. The third kappa shape index (κ3) is 2.32. The second-order valence-corrected chi connectivity index (χ2v) is 5.39. The van der Waals surface area contributed by atoms with E-state index >= 15 is 0 Å². The van der Waals surface area contributed by atoms with Gasteiger partial charge in [-0.1, -0.05) is 53.6 Å². The summed E-state index contributed by atoms with van der Waals surface area (Å²) < 4.78 is 0. The van der Waals surface area contributed by atoms with E-state index < -0.39 is 5.54 Å². The maximum Gasteiger partial charge on any atom is 0.0639 e. The molecule has 1 atom stereocenters. The van der Waals surface area contributed by atoms with Gasteiger partial charge < -0.3 is 5.73 Å². The highest BCUT2D eigenvalue weighted by molar-refractivity contribution is 5.43. The third-order valence-corrected chi connectivity index (χ3v) is 3.59. The minimum atomic E-state index is -0.439. The molecule has 2 rings (SSSR count). The fourth-order valence-electron chi connectivity index (χ4n) is 2.45. The van der Waals surface area contributed by atoms with E-state index in [1.807, 2.05) is 0 Å². The van der Waals surface area contributed by atoms with Gasteiger partial charge in [0.25, 0.3) is 0 Å². The van der Waals surface area contributed by atoms with Gasteiger partial charge in [-0.3, -0.25) is 0 Å². The minimum Gasteiger partial charge on any atom is -0.318 e. The Labute approximate surface area is 110 Å². The van der Waals surface area contributed by atoms with Crippen LogP contribution >= 0.6 is 0 Å². The molecule has 1 nitrogen and oxygen atoms in total. The first kappa shape index (κ1) is 12.8. The van der Waals surface area contributed by atoms with Crippen LogP contribution in [0.5, 0.6) is 0 Å². The lowest BCUT2D eigenvalue weighted by molar-refractivity contribution is 0.598. The maximum absolute atomic E-state index is 6.56. The zero-order valence-corrected chi connectivity index (χ0v) is 11.6. The van der Waals surface area contributed by atoms with Crippen LogP contribution in [-0.4, -0.2) is 0 Å². The Hall–Kier alpha value is -1.60. The molecule has 0 aliphatic carbocycles. The van der Waals surface area contributed by atoms with Crippen molar-refractivity contribution in [3.05, 3.63) is 70.3 Å². The highest BCUT2D eigenvalue weighted by Crippen LogP contribution is 2.29. The summed E-state index contributed by atoms with van der Waals surface area (Å²) in [5.41, 5.74) is 12.2. The molecular weight excluding hydrogens is 218 g/mol. The molecule has 0 aliphatic heterocycles. The van der Waals surface area contributed by atoms with Gasteiger partial charge in [-0.15, -0.1) is 0 Å². The molecule has 2 aromatic carbocycles. The van der Waals surface area contributed by atoms with Crippen molar-refractivity contribution >= 4 is 0 Å². The van der Waals surface area contributed by atoms with Gasteiger partial charge in [0.1, 0.15) is 0 Å². The van der Waals surface area contributed by atoms with Crippen LogP contribution in [0.25, 0.3) is 0 Å². The van der Waals surface area contributed by atoms with Crippen molar-refractivity contribution in [2.75, 3.05) is 0 Å². The average molecular weight is 239 g/mol. The molecule has 0 fully saturated rings. The molecule has 0 saturated carbocycles. The molecular formula is C17H21N. The monoisotopic (exact) mass is 239 g/mol. The van der Waals surface area contributed by atoms with Crippen molar-refractivity contribution in [3.63, 3.8) is 0 Å². The lowest BCUT2D eigenvalue weighted by Gasteiger charge is -2.28. The first-order chi connectivity index (χ1) is 8.41. The molecule has 0 aromatic heterocycles. The summed E-state index contributed by atoms with van der Waals surface area (Å²) in [5.74, 6) is 0. The fraction of sp³-hybridized carbons (Fsp3) is 0.294. The van der Waals surface area contributed by atoms with Gasteiger partial charge in [0.2, 0.25) is 0 Å². The topological polar surface area (TPSA) is 26.0 Å². The Morgan fingerprint density at radius 1 is 0.833 bits per heavy atom. The van der Waals surface area contributed by atoms with Crippen molar-refractivity contribution in [3.8, 4) is 0 Å². The van der Waals surface area contributed by atoms with Crippen molar-refractivity contribution in [2.45, 2.75) is 33.2 Å². The smallest absolute Gasteiger partial charge is 0.0639 e. The molecule has 0 spiro atoms. The highest BCUT2D eigenvalue weighted by atomic mass is 14.7. The SMILES string of the molecule is Cc1ccc(C(C)(N)c2ccc(C)cc2C)cc1. The van der Waals surface area contributed by atoms with Crippen molar-refractivity contribution in [1.82, 2.24) is 0 Å². The fourth-order valence-corrected chi connectivity index (χ4v) is 2.45. The van der Waals surface area contributed by atoms with E-state index in [-0.39, 0.29) is 0 Å². The van der Waals surface area contributed by atoms with Crippen LogP contribution in [0, 0.1) is 20.8 Å². The van der Waals surface area contributed by atoms with Gasteiger partial charge in [-0.2, -0.15) is 0 Å². The molecule has 0 saturated heterocycles. The van der Waals surface area contributed by atoms with Crippen LogP contribution in [0.2, 0.25) is 0 Å². The molecule has 2 N–H and O–H groups in total. The summed E-state index contributed by atoms with van der Waals surface area (Å²) in [4.78, 5) is 0. The van der Waals surface area contributed by atoms with Crippen molar-refractivity contribution in [1.29, 1.82) is 0 Å². The van der Waals surface area contributed by atoms with E-state index in [1.165, 1.54) is 22.3 Å². The first-order valence-electron chi connectivity index (χ1n) is 6.35.